The molecule has 0 saturated carbocycles. The monoisotopic (exact) mass is 255 g/mol. The van der Waals surface area contributed by atoms with Crippen molar-refractivity contribution in [3.05, 3.63) is 34.9 Å². The first-order chi connectivity index (χ1) is 7.75. The lowest BCUT2D eigenvalue weighted by Crippen LogP contribution is -2.44. The molecule has 1 unspecified atom stereocenters. The third kappa shape index (κ3) is 3.24. The Bertz CT molecular complexity index is 377. The van der Waals surface area contributed by atoms with Gasteiger partial charge in [0.15, 0.2) is 5.78 Å². The Hall–Kier alpha value is -0.510. The van der Waals surface area contributed by atoms with E-state index in [0.717, 1.165) is 23.6 Å². The molecule has 1 aliphatic rings. The second-order valence-corrected chi connectivity index (χ2v) is 5.44. The maximum Gasteiger partial charge on any atom is 0.154 e. The van der Waals surface area contributed by atoms with Crippen molar-refractivity contribution in [1.29, 1.82) is 0 Å². The highest BCUT2D eigenvalue weighted by molar-refractivity contribution is 7.99. The van der Waals surface area contributed by atoms with Gasteiger partial charge in [0.25, 0.3) is 0 Å². The second kappa shape index (κ2) is 5.71. The van der Waals surface area contributed by atoms with Gasteiger partial charge in [-0.3, -0.25) is 4.79 Å². The average Bonchev–Trinajstić information content (AvgIpc) is 2.30. The van der Waals surface area contributed by atoms with Crippen molar-refractivity contribution < 1.29 is 4.79 Å². The molecule has 1 aromatic rings. The Morgan fingerprint density at radius 2 is 2.44 bits per heavy atom. The highest BCUT2D eigenvalue weighted by Gasteiger charge is 2.20. The summed E-state index contributed by atoms with van der Waals surface area (Å²) in [6.45, 7) is 0.927. The predicted octanol–water partition coefficient (Wildman–Crippen LogP) is 2.16. The zero-order chi connectivity index (χ0) is 11.4. The van der Waals surface area contributed by atoms with E-state index in [-0.39, 0.29) is 11.8 Å². The molecule has 1 atom stereocenters. The fourth-order valence-corrected chi connectivity index (χ4v) is 2.92. The molecule has 1 aliphatic heterocycles. The first-order valence-electron chi connectivity index (χ1n) is 5.34. The summed E-state index contributed by atoms with van der Waals surface area (Å²) >= 11 is 7.72. The second-order valence-electron chi connectivity index (χ2n) is 3.85. The first kappa shape index (κ1) is 12.0. The number of benzene rings is 1. The van der Waals surface area contributed by atoms with E-state index in [1.165, 1.54) is 0 Å². The molecule has 86 valence electrons. The summed E-state index contributed by atoms with van der Waals surface area (Å²) in [7, 11) is 0. The summed E-state index contributed by atoms with van der Waals surface area (Å²) in [5, 5.41) is 3.94. The summed E-state index contributed by atoms with van der Waals surface area (Å²) in [4.78, 5) is 12.0. The van der Waals surface area contributed by atoms with Crippen LogP contribution in [0.2, 0.25) is 5.02 Å². The van der Waals surface area contributed by atoms with Gasteiger partial charge in [-0.15, -0.1) is 0 Å². The number of rotatable bonds is 3. The molecule has 1 saturated heterocycles. The van der Waals surface area contributed by atoms with E-state index < -0.39 is 0 Å². The molecule has 1 aromatic carbocycles. The molecule has 0 radical (unpaired) electrons. The van der Waals surface area contributed by atoms with Crippen LogP contribution in [0.4, 0.5) is 0 Å². The lowest BCUT2D eigenvalue weighted by Gasteiger charge is -2.21. The van der Waals surface area contributed by atoms with Crippen LogP contribution in [0.5, 0.6) is 0 Å². The lowest BCUT2D eigenvalue weighted by molar-refractivity contribution is -0.119. The van der Waals surface area contributed by atoms with Crippen LogP contribution in [-0.2, 0) is 11.2 Å². The van der Waals surface area contributed by atoms with Crippen molar-refractivity contribution in [3.63, 3.8) is 0 Å². The van der Waals surface area contributed by atoms with Gasteiger partial charge in [-0.2, -0.15) is 11.8 Å². The van der Waals surface area contributed by atoms with Crippen molar-refractivity contribution in [2.24, 2.45) is 0 Å². The van der Waals surface area contributed by atoms with Crippen LogP contribution >= 0.6 is 23.4 Å². The van der Waals surface area contributed by atoms with Crippen molar-refractivity contribution in [1.82, 2.24) is 5.32 Å². The Kier molecular flexibility index (Phi) is 4.27. The van der Waals surface area contributed by atoms with Gasteiger partial charge in [-0.05, 0) is 17.7 Å². The third-order valence-corrected chi connectivity index (χ3v) is 3.87. The van der Waals surface area contributed by atoms with Gasteiger partial charge in [0.05, 0.1) is 6.04 Å². The van der Waals surface area contributed by atoms with E-state index in [1.54, 1.807) is 0 Å². The number of Topliss-reactive ketones (excluding diaryl/α,β-unsaturated/α-hetero) is 1. The molecule has 2 nitrogen and oxygen atoms in total. The normalized spacial score (nSPS) is 20.7. The Balaban J connectivity index is 1.96. The number of thioether (sulfide) groups is 1. The van der Waals surface area contributed by atoms with Gasteiger partial charge in [-0.25, -0.2) is 0 Å². The van der Waals surface area contributed by atoms with Crippen LogP contribution in [0.15, 0.2) is 24.3 Å². The summed E-state index contributed by atoms with van der Waals surface area (Å²) in [5.41, 5.74) is 0.995. The van der Waals surface area contributed by atoms with Gasteiger partial charge in [0.2, 0.25) is 0 Å². The molecular formula is C12H14ClNOS. The number of hydrogen-bond donors (Lipinski definition) is 1. The zero-order valence-corrected chi connectivity index (χ0v) is 10.5. The smallest absolute Gasteiger partial charge is 0.154 e. The zero-order valence-electron chi connectivity index (χ0n) is 8.91. The summed E-state index contributed by atoms with van der Waals surface area (Å²) < 4.78 is 0. The van der Waals surface area contributed by atoms with Crippen LogP contribution in [0.3, 0.4) is 0 Å². The van der Waals surface area contributed by atoms with Crippen molar-refractivity contribution in [2.45, 2.75) is 12.5 Å². The molecule has 1 fully saturated rings. The first-order valence-corrected chi connectivity index (χ1v) is 6.87. The van der Waals surface area contributed by atoms with Gasteiger partial charge >= 0.3 is 0 Å². The lowest BCUT2D eigenvalue weighted by atomic mass is 10.0. The average molecular weight is 256 g/mol. The van der Waals surface area contributed by atoms with Crippen LogP contribution in [-0.4, -0.2) is 29.9 Å². The van der Waals surface area contributed by atoms with E-state index in [2.05, 4.69) is 5.32 Å². The molecule has 0 amide bonds. The van der Waals surface area contributed by atoms with Crippen LogP contribution in [0, 0.1) is 0 Å². The van der Waals surface area contributed by atoms with Crippen molar-refractivity contribution in [2.75, 3.05) is 18.1 Å². The number of halogens is 1. The summed E-state index contributed by atoms with van der Waals surface area (Å²) in [6, 6.07) is 7.52. The van der Waals surface area contributed by atoms with Gasteiger partial charge in [0, 0.05) is 29.5 Å². The van der Waals surface area contributed by atoms with E-state index in [1.807, 2.05) is 36.0 Å². The number of carbonyl (C=O) groups excluding carboxylic acids is 1. The molecule has 2 rings (SSSR count). The van der Waals surface area contributed by atoms with Crippen LogP contribution in [0.1, 0.15) is 5.56 Å². The highest BCUT2D eigenvalue weighted by atomic mass is 35.5. The van der Waals surface area contributed by atoms with Gasteiger partial charge < -0.3 is 5.32 Å². The van der Waals surface area contributed by atoms with E-state index in [9.17, 15) is 4.79 Å². The maximum absolute atomic E-state index is 12.0. The largest absolute Gasteiger partial charge is 0.306 e. The molecule has 0 aromatic heterocycles. The van der Waals surface area contributed by atoms with E-state index in [4.69, 9.17) is 11.6 Å². The van der Waals surface area contributed by atoms with Gasteiger partial charge in [-0.1, -0.05) is 23.7 Å². The predicted molar refractivity (Wildman–Crippen MR) is 69.3 cm³/mol. The molecule has 0 bridgehead atoms. The number of carbonyl (C=O) groups is 1. The molecule has 16 heavy (non-hydrogen) atoms. The van der Waals surface area contributed by atoms with Crippen molar-refractivity contribution in [3.8, 4) is 0 Å². The molecular weight excluding hydrogens is 242 g/mol. The molecule has 1 N–H and O–H groups in total. The Morgan fingerprint density at radius 3 is 3.12 bits per heavy atom. The fraction of sp³-hybridized carbons (Fsp3) is 0.417. The summed E-state index contributed by atoms with van der Waals surface area (Å²) in [6.07, 6.45) is 0.471. The molecule has 1 heterocycles. The Morgan fingerprint density at radius 1 is 1.56 bits per heavy atom. The fourth-order valence-electron chi connectivity index (χ4n) is 1.74. The minimum absolute atomic E-state index is 0.0118. The number of hydrogen-bond acceptors (Lipinski definition) is 3. The Labute approximate surface area is 105 Å². The van der Waals surface area contributed by atoms with E-state index in [0.29, 0.717) is 11.4 Å². The van der Waals surface area contributed by atoms with E-state index >= 15 is 0 Å². The number of ketones is 1. The summed E-state index contributed by atoms with van der Waals surface area (Å²) in [5.74, 6) is 2.25. The van der Waals surface area contributed by atoms with Crippen LogP contribution < -0.4 is 5.32 Å². The molecule has 0 spiro atoms. The SMILES string of the molecule is O=C(Cc1cccc(Cl)c1)C1CSCCN1. The standard InChI is InChI=1S/C12H14ClNOS/c13-10-3-1-2-9(6-10)7-12(15)11-8-16-5-4-14-11/h1-3,6,11,14H,4-5,7-8H2. The van der Waals surface area contributed by atoms with Crippen LogP contribution in [0.25, 0.3) is 0 Å². The number of nitrogens with one attached hydrogen (secondary N) is 1. The van der Waals surface area contributed by atoms with Crippen molar-refractivity contribution >= 4 is 29.1 Å². The maximum atomic E-state index is 12.0. The quantitative estimate of drug-likeness (QED) is 0.898. The molecule has 0 aliphatic carbocycles. The molecule has 4 heteroatoms. The minimum Gasteiger partial charge on any atom is -0.306 e. The topological polar surface area (TPSA) is 29.1 Å². The minimum atomic E-state index is 0.0118. The highest BCUT2D eigenvalue weighted by Crippen LogP contribution is 2.14. The van der Waals surface area contributed by atoms with Gasteiger partial charge in [0.1, 0.15) is 0 Å². The third-order valence-electron chi connectivity index (χ3n) is 2.58.